The van der Waals surface area contributed by atoms with Crippen molar-refractivity contribution in [3.8, 4) is 5.75 Å². The van der Waals surface area contributed by atoms with E-state index in [2.05, 4.69) is 10.6 Å². The van der Waals surface area contributed by atoms with Crippen LogP contribution in [0.25, 0.3) is 0 Å². The van der Waals surface area contributed by atoms with Gasteiger partial charge in [-0.25, -0.2) is 8.78 Å². The van der Waals surface area contributed by atoms with Crippen molar-refractivity contribution in [2.75, 3.05) is 18.5 Å². The molecule has 166 valence electrons. The fraction of sp³-hybridized carbons (Fsp3) is 0.318. The standard InChI is InChI=1S/C22H25F2N3O4/c1-14(28)26-16-7-4-6-15(12-16)22(30)27-19(10-2-3-11-25)20(29)13-31-21-17(23)8-5-9-18(21)24/h4-9,12,19H,2-3,10-11,13,25H2,1H3,(H,26,28)(H,27,30). The SMILES string of the molecule is CC(=O)Nc1cccc(C(=O)NC(CCCCN)C(=O)COc2c(F)cccc2F)c1. The molecule has 0 aliphatic rings. The first-order valence-electron chi connectivity index (χ1n) is 9.80. The van der Waals surface area contributed by atoms with Gasteiger partial charge in [0.15, 0.2) is 23.2 Å². The number of carbonyl (C=O) groups is 3. The predicted octanol–water partition coefficient (Wildman–Crippen LogP) is 2.80. The Bertz CT molecular complexity index is 916. The summed E-state index contributed by atoms with van der Waals surface area (Å²) in [6, 6.07) is 8.52. The number of halogens is 2. The molecule has 0 radical (unpaired) electrons. The number of Topliss-reactive ketones (excluding diaryl/α,β-unsaturated/α-hetero) is 1. The monoisotopic (exact) mass is 433 g/mol. The van der Waals surface area contributed by atoms with Gasteiger partial charge in [0, 0.05) is 18.2 Å². The molecule has 2 aromatic rings. The van der Waals surface area contributed by atoms with Crippen LogP contribution >= 0.6 is 0 Å². The van der Waals surface area contributed by atoms with Crippen LogP contribution in [0.4, 0.5) is 14.5 Å². The molecule has 0 aliphatic heterocycles. The third kappa shape index (κ3) is 7.45. The second-order valence-corrected chi connectivity index (χ2v) is 6.88. The number of ketones is 1. The number of hydrogen-bond acceptors (Lipinski definition) is 5. The number of hydrogen-bond donors (Lipinski definition) is 3. The average Bonchev–Trinajstić information content (AvgIpc) is 2.72. The molecule has 2 amide bonds. The zero-order valence-corrected chi connectivity index (χ0v) is 17.1. The van der Waals surface area contributed by atoms with Crippen LogP contribution in [0.5, 0.6) is 5.75 Å². The van der Waals surface area contributed by atoms with Crippen molar-refractivity contribution in [3.05, 3.63) is 59.7 Å². The minimum atomic E-state index is -0.932. The molecule has 0 saturated heterocycles. The van der Waals surface area contributed by atoms with Gasteiger partial charge < -0.3 is 21.1 Å². The summed E-state index contributed by atoms with van der Waals surface area (Å²) in [6.07, 6.45) is 1.49. The lowest BCUT2D eigenvalue weighted by atomic mass is 10.0. The number of carbonyl (C=O) groups excluding carboxylic acids is 3. The number of anilines is 1. The van der Waals surface area contributed by atoms with Crippen molar-refractivity contribution in [1.82, 2.24) is 5.32 Å². The van der Waals surface area contributed by atoms with Crippen LogP contribution < -0.4 is 21.1 Å². The van der Waals surface area contributed by atoms with Crippen LogP contribution in [0.3, 0.4) is 0 Å². The largest absolute Gasteiger partial charge is 0.480 e. The molecule has 0 aliphatic carbocycles. The zero-order chi connectivity index (χ0) is 22.8. The lowest BCUT2D eigenvalue weighted by Crippen LogP contribution is -2.43. The molecule has 0 aromatic heterocycles. The molecule has 0 bridgehead atoms. The van der Waals surface area contributed by atoms with Crippen LogP contribution in [0, 0.1) is 11.6 Å². The summed E-state index contributed by atoms with van der Waals surface area (Å²) in [7, 11) is 0. The highest BCUT2D eigenvalue weighted by molar-refractivity contribution is 5.99. The van der Waals surface area contributed by atoms with E-state index >= 15 is 0 Å². The van der Waals surface area contributed by atoms with E-state index in [4.69, 9.17) is 10.5 Å². The molecule has 0 fully saturated rings. The van der Waals surface area contributed by atoms with Crippen LogP contribution in [0.1, 0.15) is 36.5 Å². The van der Waals surface area contributed by atoms with Gasteiger partial charge in [-0.15, -0.1) is 0 Å². The molecule has 1 unspecified atom stereocenters. The molecule has 0 heterocycles. The molecule has 2 aromatic carbocycles. The number of para-hydroxylation sites is 1. The number of benzene rings is 2. The van der Waals surface area contributed by atoms with E-state index in [1.165, 1.54) is 25.1 Å². The van der Waals surface area contributed by atoms with E-state index < -0.39 is 41.7 Å². The van der Waals surface area contributed by atoms with Gasteiger partial charge in [-0.1, -0.05) is 12.1 Å². The number of amides is 2. The fourth-order valence-corrected chi connectivity index (χ4v) is 2.85. The van der Waals surface area contributed by atoms with Crippen molar-refractivity contribution >= 4 is 23.3 Å². The van der Waals surface area contributed by atoms with Crippen LogP contribution in [0.15, 0.2) is 42.5 Å². The number of ether oxygens (including phenoxy) is 1. The topological polar surface area (TPSA) is 111 Å². The van der Waals surface area contributed by atoms with E-state index in [1.54, 1.807) is 12.1 Å². The van der Waals surface area contributed by atoms with E-state index in [9.17, 15) is 23.2 Å². The third-order valence-corrected chi connectivity index (χ3v) is 4.36. The van der Waals surface area contributed by atoms with Gasteiger partial charge in [-0.05, 0) is 56.1 Å². The van der Waals surface area contributed by atoms with Crippen molar-refractivity contribution in [3.63, 3.8) is 0 Å². The highest BCUT2D eigenvalue weighted by Crippen LogP contribution is 2.21. The van der Waals surface area contributed by atoms with Gasteiger partial charge in [0.25, 0.3) is 5.91 Å². The van der Waals surface area contributed by atoms with E-state index in [0.29, 0.717) is 25.1 Å². The number of rotatable bonds is 11. The lowest BCUT2D eigenvalue weighted by Gasteiger charge is -2.18. The molecule has 7 nitrogen and oxygen atoms in total. The molecule has 2 rings (SSSR count). The summed E-state index contributed by atoms with van der Waals surface area (Å²) >= 11 is 0. The van der Waals surface area contributed by atoms with Crippen molar-refractivity contribution in [2.24, 2.45) is 5.73 Å². The normalized spacial score (nSPS) is 11.5. The van der Waals surface area contributed by atoms with Gasteiger partial charge in [0.1, 0.15) is 6.61 Å². The highest BCUT2D eigenvalue weighted by atomic mass is 19.1. The summed E-state index contributed by atoms with van der Waals surface area (Å²) < 4.78 is 32.5. The first kappa shape index (κ1) is 23.9. The molecular weight excluding hydrogens is 408 g/mol. The van der Waals surface area contributed by atoms with Crippen LogP contribution in [0.2, 0.25) is 0 Å². The van der Waals surface area contributed by atoms with Gasteiger partial charge in [0.05, 0.1) is 6.04 Å². The van der Waals surface area contributed by atoms with Crippen molar-refractivity contribution in [2.45, 2.75) is 32.2 Å². The quantitative estimate of drug-likeness (QED) is 0.472. The number of unbranched alkanes of at least 4 members (excludes halogenated alkanes) is 1. The summed E-state index contributed by atoms with van der Waals surface area (Å²) in [5, 5.41) is 5.20. The first-order chi connectivity index (χ1) is 14.8. The zero-order valence-electron chi connectivity index (χ0n) is 17.1. The van der Waals surface area contributed by atoms with Crippen molar-refractivity contribution < 1.29 is 27.9 Å². The smallest absolute Gasteiger partial charge is 0.251 e. The molecule has 0 spiro atoms. The van der Waals surface area contributed by atoms with Gasteiger partial charge in [-0.3, -0.25) is 14.4 Å². The molecule has 9 heteroatoms. The number of nitrogens with two attached hydrogens (primary N) is 1. The summed E-state index contributed by atoms with van der Waals surface area (Å²) in [5.74, 6) is -3.85. The van der Waals surface area contributed by atoms with Crippen LogP contribution in [-0.2, 0) is 9.59 Å². The first-order valence-corrected chi connectivity index (χ1v) is 9.80. The Labute approximate surface area is 179 Å². The molecule has 0 saturated carbocycles. The van der Waals surface area contributed by atoms with Crippen molar-refractivity contribution in [1.29, 1.82) is 0 Å². The lowest BCUT2D eigenvalue weighted by molar-refractivity contribution is -0.123. The molecule has 4 N–H and O–H groups in total. The highest BCUT2D eigenvalue weighted by Gasteiger charge is 2.23. The maximum absolute atomic E-state index is 13.7. The Kier molecular flexibility index (Phi) is 9.08. The maximum Gasteiger partial charge on any atom is 0.251 e. The van der Waals surface area contributed by atoms with E-state index in [1.807, 2.05) is 0 Å². The van der Waals surface area contributed by atoms with Gasteiger partial charge in [-0.2, -0.15) is 0 Å². The Morgan fingerprint density at radius 2 is 1.74 bits per heavy atom. The molecule has 31 heavy (non-hydrogen) atoms. The van der Waals surface area contributed by atoms with E-state index in [-0.39, 0.29) is 17.9 Å². The minimum Gasteiger partial charge on any atom is -0.480 e. The van der Waals surface area contributed by atoms with Gasteiger partial charge >= 0.3 is 0 Å². The maximum atomic E-state index is 13.7. The third-order valence-electron chi connectivity index (χ3n) is 4.36. The summed E-state index contributed by atoms with van der Waals surface area (Å²) in [4.78, 5) is 36.5. The van der Waals surface area contributed by atoms with Crippen LogP contribution in [-0.4, -0.2) is 36.8 Å². The Morgan fingerprint density at radius 3 is 2.39 bits per heavy atom. The second kappa shape index (κ2) is 11.8. The summed E-state index contributed by atoms with van der Waals surface area (Å²) in [5.41, 5.74) is 6.17. The second-order valence-electron chi connectivity index (χ2n) is 6.88. The Hall–Kier alpha value is -3.33. The molecule has 1 atom stereocenters. The average molecular weight is 433 g/mol. The van der Waals surface area contributed by atoms with E-state index in [0.717, 1.165) is 12.1 Å². The summed E-state index contributed by atoms with van der Waals surface area (Å²) in [6.45, 7) is 1.15. The Morgan fingerprint density at radius 1 is 1.06 bits per heavy atom. The molecular formula is C22H25F2N3O4. The minimum absolute atomic E-state index is 0.240. The predicted molar refractivity (Wildman–Crippen MR) is 112 cm³/mol. The Balaban J connectivity index is 2.09. The van der Waals surface area contributed by atoms with Gasteiger partial charge in [0.2, 0.25) is 5.91 Å². The number of nitrogens with one attached hydrogen (secondary N) is 2. The fourth-order valence-electron chi connectivity index (χ4n) is 2.85.